The summed E-state index contributed by atoms with van der Waals surface area (Å²) in [6.07, 6.45) is 1.63. The average Bonchev–Trinajstić information content (AvgIpc) is 2.49. The lowest BCUT2D eigenvalue weighted by atomic mass is 10.2. The van der Waals surface area contributed by atoms with Gasteiger partial charge in [-0.3, -0.25) is 4.79 Å². The van der Waals surface area contributed by atoms with E-state index in [1.807, 2.05) is 42.5 Å². The topological polar surface area (TPSA) is 41.5 Å². The standard InChI is InChI=1S/C16H14Br2N2OS/c17-14-6-3-4-12(8-14)10-22-11-16(21)20-19-9-13-5-1-2-7-15(13)18/h1-9H,10-11H2,(H,20,21)/b19-9+. The molecule has 2 aromatic rings. The van der Waals surface area contributed by atoms with Crippen LogP contribution in [-0.2, 0) is 10.5 Å². The maximum absolute atomic E-state index is 11.7. The van der Waals surface area contributed by atoms with Crippen LogP contribution in [-0.4, -0.2) is 17.9 Å². The lowest BCUT2D eigenvalue weighted by molar-refractivity contribution is -0.118. The van der Waals surface area contributed by atoms with Crippen LogP contribution < -0.4 is 5.43 Å². The van der Waals surface area contributed by atoms with Crippen molar-refractivity contribution >= 4 is 55.7 Å². The quantitative estimate of drug-likeness (QED) is 0.525. The van der Waals surface area contributed by atoms with E-state index in [1.54, 1.807) is 18.0 Å². The highest BCUT2D eigenvalue weighted by molar-refractivity contribution is 9.10. The minimum absolute atomic E-state index is 0.108. The third-order valence-corrected chi connectivity index (χ3v) is 4.91. The fourth-order valence-electron chi connectivity index (χ4n) is 1.67. The van der Waals surface area contributed by atoms with Crippen LogP contribution in [0.4, 0.5) is 0 Å². The van der Waals surface area contributed by atoms with Gasteiger partial charge >= 0.3 is 0 Å². The van der Waals surface area contributed by atoms with Crippen molar-refractivity contribution in [2.75, 3.05) is 5.75 Å². The number of thioether (sulfide) groups is 1. The lowest BCUT2D eigenvalue weighted by Crippen LogP contribution is -2.19. The Morgan fingerprint density at radius 1 is 1.18 bits per heavy atom. The predicted octanol–water partition coefficient (Wildman–Crippen LogP) is 4.60. The van der Waals surface area contributed by atoms with Gasteiger partial charge in [-0.2, -0.15) is 5.10 Å². The van der Waals surface area contributed by atoms with Crippen molar-refractivity contribution < 1.29 is 4.79 Å². The minimum Gasteiger partial charge on any atom is -0.272 e. The van der Waals surface area contributed by atoms with Crippen LogP contribution >= 0.6 is 43.6 Å². The number of halogens is 2. The molecule has 6 heteroatoms. The van der Waals surface area contributed by atoms with Gasteiger partial charge in [-0.1, -0.05) is 62.2 Å². The van der Waals surface area contributed by atoms with Crippen molar-refractivity contribution in [1.29, 1.82) is 0 Å². The molecule has 2 aromatic carbocycles. The first-order chi connectivity index (χ1) is 10.6. The molecule has 0 unspecified atom stereocenters. The van der Waals surface area contributed by atoms with E-state index in [0.717, 1.165) is 20.3 Å². The molecule has 0 heterocycles. The first-order valence-electron chi connectivity index (χ1n) is 6.54. The molecule has 0 aromatic heterocycles. The lowest BCUT2D eigenvalue weighted by Gasteiger charge is -2.02. The maximum Gasteiger partial charge on any atom is 0.250 e. The Hall–Kier alpha value is -1.11. The third-order valence-electron chi connectivity index (χ3n) is 2.69. The number of rotatable bonds is 6. The second-order valence-electron chi connectivity index (χ2n) is 4.44. The van der Waals surface area contributed by atoms with Gasteiger partial charge in [0.25, 0.3) is 0 Å². The number of carbonyl (C=O) groups is 1. The van der Waals surface area contributed by atoms with Crippen LogP contribution in [0.3, 0.4) is 0 Å². The molecule has 2 rings (SSSR count). The second kappa shape index (κ2) is 9.12. The Bertz CT molecular complexity index is 677. The van der Waals surface area contributed by atoms with E-state index in [0.29, 0.717) is 5.75 Å². The summed E-state index contributed by atoms with van der Waals surface area (Å²) in [6, 6.07) is 15.8. The van der Waals surface area contributed by atoms with Crippen LogP contribution in [0.15, 0.2) is 62.6 Å². The number of nitrogens with zero attached hydrogens (tertiary/aromatic N) is 1. The summed E-state index contributed by atoms with van der Waals surface area (Å²) >= 11 is 8.42. The van der Waals surface area contributed by atoms with Gasteiger partial charge in [0.2, 0.25) is 5.91 Å². The highest BCUT2D eigenvalue weighted by atomic mass is 79.9. The normalized spacial score (nSPS) is 10.8. The van der Waals surface area contributed by atoms with Gasteiger partial charge < -0.3 is 0 Å². The molecular formula is C16H14Br2N2OS. The molecular weight excluding hydrogens is 428 g/mol. The fraction of sp³-hybridized carbons (Fsp3) is 0.125. The molecule has 0 saturated heterocycles. The molecule has 1 amide bonds. The zero-order valence-corrected chi connectivity index (χ0v) is 15.6. The van der Waals surface area contributed by atoms with E-state index in [1.165, 1.54) is 5.56 Å². The van der Waals surface area contributed by atoms with E-state index >= 15 is 0 Å². The number of amides is 1. The summed E-state index contributed by atoms with van der Waals surface area (Å²) in [5.41, 5.74) is 4.64. The van der Waals surface area contributed by atoms with Crippen molar-refractivity contribution in [3.8, 4) is 0 Å². The molecule has 0 saturated carbocycles. The van der Waals surface area contributed by atoms with Crippen molar-refractivity contribution in [2.45, 2.75) is 5.75 Å². The first kappa shape index (κ1) is 17.2. The molecule has 0 radical (unpaired) electrons. The summed E-state index contributed by atoms with van der Waals surface area (Å²) in [7, 11) is 0. The number of carbonyl (C=O) groups excluding carboxylic acids is 1. The van der Waals surface area contributed by atoms with Crippen LogP contribution in [0.2, 0.25) is 0 Å². The highest BCUT2D eigenvalue weighted by Gasteiger charge is 2.01. The molecule has 3 nitrogen and oxygen atoms in total. The smallest absolute Gasteiger partial charge is 0.250 e. The van der Waals surface area contributed by atoms with Crippen LogP contribution in [0.5, 0.6) is 0 Å². The van der Waals surface area contributed by atoms with Crippen molar-refractivity contribution in [3.05, 3.63) is 68.6 Å². The van der Waals surface area contributed by atoms with Gasteiger partial charge in [-0.15, -0.1) is 11.8 Å². The zero-order chi connectivity index (χ0) is 15.8. The molecule has 0 aliphatic carbocycles. The van der Waals surface area contributed by atoms with Crippen molar-refractivity contribution in [2.24, 2.45) is 5.10 Å². The van der Waals surface area contributed by atoms with E-state index < -0.39 is 0 Å². The molecule has 0 bridgehead atoms. The largest absolute Gasteiger partial charge is 0.272 e. The van der Waals surface area contributed by atoms with Gasteiger partial charge in [0.1, 0.15) is 0 Å². The Morgan fingerprint density at radius 2 is 2.00 bits per heavy atom. The molecule has 0 fully saturated rings. The molecule has 114 valence electrons. The number of benzene rings is 2. The van der Waals surface area contributed by atoms with Crippen LogP contribution in [0, 0.1) is 0 Å². The van der Waals surface area contributed by atoms with Gasteiger partial charge in [0.05, 0.1) is 12.0 Å². The van der Waals surface area contributed by atoms with Gasteiger partial charge in [0.15, 0.2) is 0 Å². The molecule has 1 N–H and O–H groups in total. The SMILES string of the molecule is O=C(CSCc1cccc(Br)c1)N/N=C/c1ccccc1Br. The van der Waals surface area contributed by atoms with E-state index in [2.05, 4.69) is 48.5 Å². The summed E-state index contributed by atoms with van der Waals surface area (Å²) in [5.74, 6) is 1.06. The molecule has 22 heavy (non-hydrogen) atoms. The van der Waals surface area contributed by atoms with E-state index in [-0.39, 0.29) is 5.91 Å². The molecule has 0 aliphatic heterocycles. The molecule has 0 atom stereocenters. The Balaban J connectivity index is 1.73. The Morgan fingerprint density at radius 3 is 2.77 bits per heavy atom. The second-order valence-corrected chi connectivity index (χ2v) is 7.19. The zero-order valence-electron chi connectivity index (χ0n) is 11.6. The van der Waals surface area contributed by atoms with Gasteiger partial charge in [-0.05, 0) is 23.8 Å². The minimum atomic E-state index is -0.108. The average molecular weight is 442 g/mol. The maximum atomic E-state index is 11.7. The molecule has 0 spiro atoms. The predicted molar refractivity (Wildman–Crippen MR) is 100 cm³/mol. The van der Waals surface area contributed by atoms with E-state index in [4.69, 9.17) is 0 Å². The fourth-order valence-corrected chi connectivity index (χ4v) is 3.28. The Kier molecular flexibility index (Phi) is 7.15. The number of hydrogen-bond acceptors (Lipinski definition) is 3. The summed E-state index contributed by atoms with van der Waals surface area (Å²) < 4.78 is 1.99. The van der Waals surface area contributed by atoms with Crippen molar-refractivity contribution in [3.63, 3.8) is 0 Å². The van der Waals surface area contributed by atoms with Crippen molar-refractivity contribution in [1.82, 2.24) is 5.43 Å². The highest BCUT2D eigenvalue weighted by Crippen LogP contribution is 2.17. The molecule has 0 aliphatic rings. The summed E-state index contributed by atoms with van der Waals surface area (Å²) in [6.45, 7) is 0. The van der Waals surface area contributed by atoms with Crippen LogP contribution in [0.25, 0.3) is 0 Å². The number of nitrogens with one attached hydrogen (secondary N) is 1. The Labute approximate surface area is 150 Å². The van der Waals surface area contributed by atoms with E-state index in [9.17, 15) is 4.79 Å². The monoisotopic (exact) mass is 440 g/mol. The number of hydrazone groups is 1. The third kappa shape index (κ3) is 5.94. The first-order valence-corrected chi connectivity index (χ1v) is 9.28. The summed E-state index contributed by atoms with van der Waals surface area (Å²) in [4.78, 5) is 11.7. The van der Waals surface area contributed by atoms with Gasteiger partial charge in [-0.25, -0.2) is 5.43 Å². The summed E-state index contributed by atoms with van der Waals surface area (Å²) in [5, 5.41) is 3.97. The van der Waals surface area contributed by atoms with Crippen LogP contribution in [0.1, 0.15) is 11.1 Å². The van der Waals surface area contributed by atoms with Gasteiger partial charge in [0, 0.05) is 20.3 Å². The number of hydrogen-bond donors (Lipinski definition) is 1.